The van der Waals surface area contributed by atoms with E-state index in [2.05, 4.69) is 159 Å². The van der Waals surface area contributed by atoms with Gasteiger partial charge in [0, 0.05) is 33.9 Å². The molecule has 0 N–H and O–H groups in total. The van der Waals surface area contributed by atoms with E-state index in [4.69, 9.17) is 4.42 Å². The van der Waals surface area contributed by atoms with Crippen molar-refractivity contribution < 1.29 is 4.42 Å². The van der Waals surface area contributed by atoms with E-state index in [1.54, 1.807) is 0 Å². The molecule has 1 heterocycles. The lowest BCUT2D eigenvalue weighted by Crippen LogP contribution is -2.19. The maximum atomic E-state index is 6.34. The van der Waals surface area contributed by atoms with Crippen LogP contribution in [0.1, 0.15) is 26.3 Å². The summed E-state index contributed by atoms with van der Waals surface area (Å²) in [6, 6.07) is 51.7. The molecule has 0 aliphatic heterocycles. The number of nitrogens with zero attached hydrogens (tertiary/aromatic N) is 1. The van der Waals surface area contributed by atoms with E-state index in [0.717, 1.165) is 39.0 Å². The fourth-order valence-electron chi connectivity index (χ4n) is 5.86. The Morgan fingerprint density at radius 1 is 0.452 bits per heavy atom. The number of hydrogen-bond donors (Lipinski definition) is 0. The largest absolute Gasteiger partial charge is 0.456 e. The van der Waals surface area contributed by atoms with Crippen LogP contribution in [0.25, 0.3) is 44.2 Å². The highest BCUT2D eigenvalue weighted by molar-refractivity contribution is 6.06. The maximum absolute atomic E-state index is 6.34. The van der Waals surface area contributed by atoms with Crippen LogP contribution in [-0.2, 0) is 5.41 Å². The van der Waals surface area contributed by atoms with Crippen LogP contribution in [0.4, 0.5) is 17.1 Å². The molecule has 0 saturated carbocycles. The molecule has 7 aromatic rings. The van der Waals surface area contributed by atoms with Crippen molar-refractivity contribution in [2.45, 2.75) is 26.2 Å². The van der Waals surface area contributed by atoms with E-state index in [-0.39, 0.29) is 5.41 Å². The van der Waals surface area contributed by atoms with Crippen molar-refractivity contribution in [3.63, 3.8) is 0 Å². The van der Waals surface area contributed by atoms with Crippen LogP contribution in [0.5, 0.6) is 0 Å². The molecule has 0 aliphatic rings. The van der Waals surface area contributed by atoms with Crippen LogP contribution in [0.3, 0.4) is 0 Å². The minimum absolute atomic E-state index is 0.0915. The van der Waals surface area contributed by atoms with Gasteiger partial charge in [-0.15, -0.1) is 0 Å². The molecule has 204 valence electrons. The SMILES string of the molecule is CC(C)(C)c1cc(-c2ccccc2)ccc1N(c1ccc(-c2ccccc2)cc1)c1ccc2c(c1)oc1ccccc12. The van der Waals surface area contributed by atoms with Crippen LogP contribution in [0, 0.1) is 0 Å². The van der Waals surface area contributed by atoms with E-state index >= 15 is 0 Å². The van der Waals surface area contributed by atoms with Gasteiger partial charge in [0.1, 0.15) is 11.2 Å². The summed E-state index contributed by atoms with van der Waals surface area (Å²) in [5.41, 5.74) is 11.1. The van der Waals surface area contributed by atoms with Gasteiger partial charge in [-0.1, -0.05) is 118 Å². The highest BCUT2D eigenvalue weighted by atomic mass is 16.3. The zero-order valence-corrected chi connectivity index (χ0v) is 24.2. The van der Waals surface area contributed by atoms with Crippen molar-refractivity contribution in [3.05, 3.63) is 151 Å². The van der Waals surface area contributed by atoms with Gasteiger partial charge in [0.05, 0.1) is 0 Å². The summed E-state index contributed by atoms with van der Waals surface area (Å²) in [6.07, 6.45) is 0. The fraction of sp³-hybridized carbons (Fsp3) is 0.100. The number of hydrogen-bond acceptors (Lipinski definition) is 2. The second-order valence-electron chi connectivity index (χ2n) is 11.9. The van der Waals surface area contributed by atoms with Gasteiger partial charge < -0.3 is 9.32 Å². The van der Waals surface area contributed by atoms with E-state index < -0.39 is 0 Å². The van der Waals surface area contributed by atoms with E-state index in [1.807, 2.05) is 12.1 Å². The number of fused-ring (bicyclic) bond motifs is 3. The Morgan fingerprint density at radius 2 is 1.00 bits per heavy atom. The van der Waals surface area contributed by atoms with Gasteiger partial charge in [0.25, 0.3) is 0 Å². The molecule has 0 atom stereocenters. The molecule has 7 rings (SSSR count). The summed E-state index contributed by atoms with van der Waals surface area (Å²) < 4.78 is 6.34. The number of para-hydroxylation sites is 1. The number of benzene rings is 6. The molecule has 2 nitrogen and oxygen atoms in total. The summed E-state index contributed by atoms with van der Waals surface area (Å²) >= 11 is 0. The molecule has 0 saturated heterocycles. The molecule has 0 unspecified atom stereocenters. The third kappa shape index (κ3) is 4.76. The molecule has 0 bridgehead atoms. The summed E-state index contributed by atoms with van der Waals surface area (Å²) in [6.45, 7) is 6.87. The summed E-state index contributed by atoms with van der Waals surface area (Å²) in [5.74, 6) is 0. The quantitative estimate of drug-likeness (QED) is 0.215. The minimum Gasteiger partial charge on any atom is -0.456 e. The first kappa shape index (κ1) is 25.9. The van der Waals surface area contributed by atoms with Crippen LogP contribution in [-0.4, -0.2) is 0 Å². The third-order valence-electron chi connectivity index (χ3n) is 8.01. The molecule has 6 aromatic carbocycles. The van der Waals surface area contributed by atoms with E-state index in [1.165, 1.54) is 27.8 Å². The fourth-order valence-corrected chi connectivity index (χ4v) is 5.86. The summed E-state index contributed by atoms with van der Waals surface area (Å²) in [5, 5.41) is 2.27. The summed E-state index contributed by atoms with van der Waals surface area (Å²) in [4.78, 5) is 2.37. The van der Waals surface area contributed by atoms with Crippen molar-refractivity contribution in [3.8, 4) is 22.3 Å². The van der Waals surface area contributed by atoms with Gasteiger partial charge in [0.2, 0.25) is 0 Å². The van der Waals surface area contributed by atoms with Crippen molar-refractivity contribution in [1.29, 1.82) is 0 Å². The van der Waals surface area contributed by atoms with Crippen LogP contribution < -0.4 is 4.90 Å². The van der Waals surface area contributed by atoms with Gasteiger partial charge >= 0.3 is 0 Å². The lowest BCUT2D eigenvalue weighted by molar-refractivity contribution is 0.591. The van der Waals surface area contributed by atoms with Gasteiger partial charge in [-0.2, -0.15) is 0 Å². The van der Waals surface area contributed by atoms with Gasteiger partial charge in [-0.3, -0.25) is 0 Å². The Hall–Kier alpha value is -5.08. The third-order valence-corrected chi connectivity index (χ3v) is 8.01. The van der Waals surface area contributed by atoms with Crippen molar-refractivity contribution in [2.75, 3.05) is 4.90 Å². The van der Waals surface area contributed by atoms with Crippen LogP contribution >= 0.6 is 0 Å². The average molecular weight is 544 g/mol. The van der Waals surface area contributed by atoms with Crippen molar-refractivity contribution >= 4 is 39.0 Å². The Bertz CT molecular complexity index is 2000. The topological polar surface area (TPSA) is 16.4 Å². The lowest BCUT2D eigenvalue weighted by Gasteiger charge is -2.32. The van der Waals surface area contributed by atoms with Gasteiger partial charge in [-0.05, 0) is 75.7 Å². The Morgan fingerprint density at radius 3 is 1.69 bits per heavy atom. The number of furan rings is 1. The smallest absolute Gasteiger partial charge is 0.137 e. The molecule has 0 spiro atoms. The average Bonchev–Trinajstić information content (AvgIpc) is 3.40. The predicted molar refractivity (Wildman–Crippen MR) is 178 cm³/mol. The first-order chi connectivity index (χ1) is 20.5. The Balaban J connectivity index is 1.42. The zero-order valence-electron chi connectivity index (χ0n) is 24.2. The number of rotatable bonds is 5. The molecule has 42 heavy (non-hydrogen) atoms. The molecular weight excluding hydrogens is 510 g/mol. The molecule has 2 heteroatoms. The van der Waals surface area contributed by atoms with Gasteiger partial charge in [0.15, 0.2) is 0 Å². The highest BCUT2D eigenvalue weighted by Gasteiger charge is 2.25. The monoisotopic (exact) mass is 543 g/mol. The first-order valence-electron chi connectivity index (χ1n) is 14.5. The second-order valence-corrected chi connectivity index (χ2v) is 11.9. The van der Waals surface area contributed by atoms with E-state index in [9.17, 15) is 0 Å². The molecule has 1 aromatic heterocycles. The molecular formula is C40H33NO. The Kier molecular flexibility index (Phi) is 6.40. The van der Waals surface area contributed by atoms with Crippen LogP contribution in [0.15, 0.2) is 150 Å². The first-order valence-corrected chi connectivity index (χ1v) is 14.5. The molecule has 0 radical (unpaired) electrons. The highest BCUT2D eigenvalue weighted by Crippen LogP contribution is 2.44. The van der Waals surface area contributed by atoms with Gasteiger partial charge in [-0.25, -0.2) is 0 Å². The standard InChI is InChI=1S/C40H33NO/c1-40(2,3)36-26-31(29-14-8-5-9-15-29)20-25-37(36)41(32-21-18-30(19-22-32)28-12-6-4-7-13-28)33-23-24-35-34-16-10-11-17-38(34)42-39(35)27-33/h4-27H,1-3H3. The molecule has 0 amide bonds. The second kappa shape index (κ2) is 10.4. The van der Waals surface area contributed by atoms with E-state index in [0.29, 0.717) is 0 Å². The van der Waals surface area contributed by atoms with Crippen molar-refractivity contribution in [1.82, 2.24) is 0 Å². The normalized spacial score (nSPS) is 11.7. The van der Waals surface area contributed by atoms with Crippen LogP contribution in [0.2, 0.25) is 0 Å². The predicted octanol–water partition coefficient (Wildman–Crippen LogP) is 11.7. The molecule has 0 fully saturated rings. The molecule has 0 aliphatic carbocycles. The number of anilines is 3. The minimum atomic E-state index is -0.0915. The Labute approximate surface area is 247 Å². The van der Waals surface area contributed by atoms with Crippen molar-refractivity contribution in [2.24, 2.45) is 0 Å². The maximum Gasteiger partial charge on any atom is 0.137 e. The summed E-state index contributed by atoms with van der Waals surface area (Å²) in [7, 11) is 0. The lowest BCUT2D eigenvalue weighted by atomic mass is 9.83. The zero-order chi connectivity index (χ0) is 28.7.